The monoisotopic (exact) mass is 376 g/mol. The molecule has 4 aromatic rings. The van der Waals surface area contributed by atoms with E-state index in [-0.39, 0.29) is 18.3 Å². The molecule has 0 saturated carbocycles. The molecule has 0 aliphatic rings. The van der Waals surface area contributed by atoms with Crippen LogP contribution in [0.2, 0.25) is 0 Å². The van der Waals surface area contributed by atoms with Gasteiger partial charge in [-0.1, -0.05) is 29.4 Å². The van der Waals surface area contributed by atoms with Crippen LogP contribution in [0.25, 0.3) is 11.5 Å². The van der Waals surface area contributed by atoms with Gasteiger partial charge in [-0.05, 0) is 48.9 Å². The number of hydrogen-bond acceptors (Lipinski definition) is 4. The second-order valence-electron chi connectivity index (χ2n) is 6.32. The molecule has 2 heterocycles. The maximum absolute atomic E-state index is 13.7. The zero-order valence-electron chi connectivity index (χ0n) is 15.1. The van der Waals surface area contributed by atoms with E-state index in [1.807, 2.05) is 30.3 Å². The summed E-state index contributed by atoms with van der Waals surface area (Å²) in [7, 11) is 0. The molecule has 2 aromatic carbocycles. The average molecular weight is 376 g/mol. The summed E-state index contributed by atoms with van der Waals surface area (Å²) in [5, 5.41) is 6.69. The van der Waals surface area contributed by atoms with Crippen LogP contribution in [0, 0.1) is 12.7 Å². The maximum atomic E-state index is 13.7. The molecule has 0 saturated heterocycles. The van der Waals surface area contributed by atoms with Gasteiger partial charge >= 0.3 is 0 Å². The first-order chi connectivity index (χ1) is 13.6. The Hall–Kier alpha value is -3.74. The Labute approximate surface area is 160 Å². The molecule has 2 aromatic heterocycles. The zero-order valence-corrected chi connectivity index (χ0v) is 15.1. The highest BCUT2D eigenvalue weighted by molar-refractivity contribution is 6.03. The Morgan fingerprint density at radius 1 is 1.14 bits per heavy atom. The number of carbonyl (C=O) groups excluding carboxylic acids is 1. The third-order valence-electron chi connectivity index (χ3n) is 4.29. The minimum Gasteiger partial charge on any atom is -0.336 e. The molecule has 140 valence electrons. The van der Waals surface area contributed by atoms with Crippen molar-refractivity contribution in [3.63, 3.8) is 0 Å². The second kappa shape index (κ2) is 7.48. The third kappa shape index (κ3) is 3.68. The van der Waals surface area contributed by atoms with E-state index < -0.39 is 0 Å². The fourth-order valence-corrected chi connectivity index (χ4v) is 2.79. The number of aromatic nitrogens is 3. The van der Waals surface area contributed by atoms with E-state index in [0.29, 0.717) is 28.7 Å². The van der Waals surface area contributed by atoms with Crippen LogP contribution in [0.1, 0.15) is 21.9 Å². The van der Waals surface area contributed by atoms with Gasteiger partial charge in [0.05, 0.1) is 6.54 Å². The molecule has 1 amide bonds. The minimum atomic E-state index is -0.367. The Kier molecular flexibility index (Phi) is 4.72. The molecule has 0 radical (unpaired) electrons. The van der Waals surface area contributed by atoms with Gasteiger partial charge in [-0.25, -0.2) is 4.39 Å². The van der Waals surface area contributed by atoms with Crippen molar-refractivity contribution in [2.75, 3.05) is 5.32 Å². The van der Waals surface area contributed by atoms with E-state index in [0.717, 1.165) is 5.56 Å². The highest BCUT2D eigenvalue weighted by atomic mass is 19.1. The van der Waals surface area contributed by atoms with Crippen LogP contribution in [-0.4, -0.2) is 20.6 Å². The SMILES string of the molecule is Cc1ccc(NC(=O)c2cccn2Cc2noc(-c3ccccc3)n2)cc1F. The average Bonchev–Trinajstić information content (AvgIpc) is 3.35. The second-order valence-corrected chi connectivity index (χ2v) is 6.32. The Morgan fingerprint density at radius 2 is 1.96 bits per heavy atom. The van der Waals surface area contributed by atoms with Crippen molar-refractivity contribution in [2.45, 2.75) is 13.5 Å². The van der Waals surface area contributed by atoms with Gasteiger partial charge in [0.2, 0.25) is 0 Å². The fraction of sp³-hybridized carbons (Fsp3) is 0.0952. The predicted molar refractivity (Wildman–Crippen MR) is 102 cm³/mol. The number of nitrogens with one attached hydrogen (secondary N) is 1. The van der Waals surface area contributed by atoms with E-state index in [1.54, 1.807) is 42.0 Å². The van der Waals surface area contributed by atoms with Gasteiger partial charge in [-0.2, -0.15) is 4.98 Å². The van der Waals surface area contributed by atoms with Gasteiger partial charge in [0.1, 0.15) is 11.5 Å². The highest BCUT2D eigenvalue weighted by Crippen LogP contribution is 2.18. The van der Waals surface area contributed by atoms with Crippen LogP contribution < -0.4 is 5.32 Å². The number of nitrogens with zero attached hydrogens (tertiary/aromatic N) is 3. The number of benzene rings is 2. The van der Waals surface area contributed by atoms with Crippen molar-refractivity contribution in [3.05, 3.63) is 89.8 Å². The molecule has 28 heavy (non-hydrogen) atoms. The van der Waals surface area contributed by atoms with Gasteiger partial charge in [0.25, 0.3) is 11.8 Å². The quantitative estimate of drug-likeness (QED) is 0.564. The first kappa shape index (κ1) is 17.7. The van der Waals surface area contributed by atoms with E-state index >= 15 is 0 Å². The molecular formula is C21H17FN4O2. The molecule has 4 rings (SSSR count). The normalized spacial score (nSPS) is 10.8. The van der Waals surface area contributed by atoms with E-state index in [1.165, 1.54) is 6.07 Å². The van der Waals surface area contributed by atoms with Crippen molar-refractivity contribution >= 4 is 11.6 Å². The Morgan fingerprint density at radius 3 is 2.75 bits per heavy atom. The van der Waals surface area contributed by atoms with Gasteiger partial charge in [0, 0.05) is 17.4 Å². The van der Waals surface area contributed by atoms with Crippen molar-refractivity contribution in [3.8, 4) is 11.5 Å². The van der Waals surface area contributed by atoms with Gasteiger partial charge < -0.3 is 14.4 Å². The summed E-state index contributed by atoms with van der Waals surface area (Å²) in [5.74, 6) is 0.155. The van der Waals surface area contributed by atoms with Crippen LogP contribution in [0.15, 0.2) is 71.4 Å². The topological polar surface area (TPSA) is 73.0 Å². The number of anilines is 1. The summed E-state index contributed by atoms with van der Waals surface area (Å²) in [6.45, 7) is 1.94. The van der Waals surface area contributed by atoms with E-state index in [2.05, 4.69) is 15.5 Å². The van der Waals surface area contributed by atoms with Crippen molar-refractivity contribution in [1.29, 1.82) is 0 Å². The molecule has 0 spiro atoms. The molecule has 0 fully saturated rings. The molecule has 7 heteroatoms. The lowest BCUT2D eigenvalue weighted by Gasteiger charge is -2.09. The molecule has 0 unspecified atom stereocenters. The molecule has 0 bridgehead atoms. The maximum Gasteiger partial charge on any atom is 0.272 e. The highest BCUT2D eigenvalue weighted by Gasteiger charge is 2.15. The van der Waals surface area contributed by atoms with Crippen molar-refractivity contribution < 1.29 is 13.7 Å². The number of amides is 1. The summed E-state index contributed by atoms with van der Waals surface area (Å²) in [6, 6.07) is 17.5. The van der Waals surface area contributed by atoms with Crippen LogP contribution >= 0.6 is 0 Å². The zero-order chi connectivity index (χ0) is 19.5. The van der Waals surface area contributed by atoms with Crippen molar-refractivity contribution in [1.82, 2.24) is 14.7 Å². The molecule has 6 nitrogen and oxygen atoms in total. The Balaban J connectivity index is 1.50. The molecular weight excluding hydrogens is 359 g/mol. The van der Waals surface area contributed by atoms with Crippen LogP contribution in [0.3, 0.4) is 0 Å². The van der Waals surface area contributed by atoms with Gasteiger partial charge in [0.15, 0.2) is 5.82 Å². The standard InChI is InChI=1S/C21H17FN4O2/c1-14-9-10-16(12-17(14)22)23-20(27)18-8-5-11-26(18)13-19-24-21(28-25-19)15-6-3-2-4-7-15/h2-12H,13H2,1H3,(H,23,27). The first-order valence-corrected chi connectivity index (χ1v) is 8.71. The van der Waals surface area contributed by atoms with Crippen LogP contribution in [-0.2, 0) is 6.54 Å². The number of aryl methyl sites for hydroxylation is 1. The van der Waals surface area contributed by atoms with E-state index in [4.69, 9.17) is 4.52 Å². The molecule has 0 atom stereocenters. The van der Waals surface area contributed by atoms with Gasteiger partial charge in [-0.15, -0.1) is 0 Å². The summed E-state index contributed by atoms with van der Waals surface area (Å²) in [4.78, 5) is 17.0. The van der Waals surface area contributed by atoms with E-state index in [9.17, 15) is 9.18 Å². The predicted octanol–water partition coefficient (Wildman–Crippen LogP) is 4.29. The summed E-state index contributed by atoms with van der Waals surface area (Å²) in [5.41, 5.74) is 2.15. The van der Waals surface area contributed by atoms with Crippen LogP contribution in [0.5, 0.6) is 0 Å². The number of halogens is 1. The first-order valence-electron chi connectivity index (χ1n) is 8.71. The number of rotatable bonds is 5. The molecule has 0 aliphatic carbocycles. The van der Waals surface area contributed by atoms with Crippen LogP contribution in [0.4, 0.5) is 10.1 Å². The lowest BCUT2D eigenvalue weighted by atomic mass is 10.2. The van der Waals surface area contributed by atoms with Gasteiger partial charge in [-0.3, -0.25) is 4.79 Å². The number of hydrogen-bond donors (Lipinski definition) is 1. The third-order valence-corrected chi connectivity index (χ3v) is 4.29. The molecule has 0 aliphatic heterocycles. The lowest BCUT2D eigenvalue weighted by Crippen LogP contribution is -2.17. The number of carbonyl (C=O) groups is 1. The summed E-state index contributed by atoms with van der Waals surface area (Å²) < 4.78 is 20.7. The summed E-state index contributed by atoms with van der Waals surface area (Å²) >= 11 is 0. The Bertz CT molecular complexity index is 1120. The summed E-state index contributed by atoms with van der Waals surface area (Å²) in [6.07, 6.45) is 1.75. The minimum absolute atomic E-state index is 0.272. The largest absolute Gasteiger partial charge is 0.336 e. The smallest absolute Gasteiger partial charge is 0.272 e. The van der Waals surface area contributed by atoms with Crippen molar-refractivity contribution in [2.24, 2.45) is 0 Å². The molecule has 1 N–H and O–H groups in total. The fourth-order valence-electron chi connectivity index (χ4n) is 2.79. The lowest BCUT2D eigenvalue weighted by molar-refractivity contribution is 0.101.